The van der Waals surface area contributed by atoms with Crippen molar-refractivity contribution in [2.24, 2.45) is 0 Å². The Morgan fingerprint density at radius 1 is 1.17 bits per heavy atom. The van der Waals surface area contributed by atoms with Crippen molar-refractivity contribution in [1.82, 2.24) is 5.32 Å². The monoisotopic (exact) mass is 316 g/mol. The normalized spacial score (nSPS) is 13.2. The van der Waals surface area contributed by atoms with Crippen molar-refractivity contribution in [2.75, 3.05) is 11.9 Å². The second kappa shape index (κ2) is 7.11. The van der Waals surface area contributed by atoms with Crippen LogP contribution in [0.1, 0.15) is 25.2 Å². The Balaban J connectivity index is 1.88. The van der Waals surface area contributed by atoms with Gasteiger partial charge in [-0.25, -0.2) is 0 Å². The van der Waals surface area contributed by atoms with Crippen LogP contribution in [0.3, 0.4) is 0 Å². The molecule has 0 saturated carbocycles. The van der Waals surface area contributed by atoms with Gasteiger partial charge < -0.3 is 20.2 Å². The summed E-state index contributed by atoms with van der Waals surface area (Å²) in [6, 6.07) is 10.5. The molecule has 0 bridgehead atoms. The van der Waals surface area contributed by atoms with Crippen LogP contribution in [0.2, 0.25) is 0 Å². The van der Waals surface area contributed by atoms with Crippen LogP contribution >= 0.6 is 0 Å². The van der Waals surface area contributed by atoms with E-state index < -0.39 is 17.4 Å². The first-order valence-electron chi connectivity index (χ1n) is 7.37. The smallest absolute Gasteiger partial charge is 0.313 e. The molecule has 1 heterocycles. The molecule has 1 aromatic carbocycles. The summed E-state index contributed by atoms with van der Waals surface area (Å²) in [6.07, 6.45) is 2.33. The van der Waals surface area contributed by atoms with Gasteiger partial charge in [0.2, 0.25) is 0 Å². The summed E-state index contributed by atoms with van der Waals surface area (Å²) >= 11 is 0. The lowest BCUT2D eigenvalue weighted by Gasteiger charge is -2.20. The van der Waals surface area contributed by atoms with Crippen LogP contribution < -0.4 is 10.6 Å². The van der Waals surface area contributed by atoms with E-state index >= 15 is 0 Å². The van der Waals surface area contributed by atoms with Gasteiger partial charge in [-0.3, -0.25) is 9.59 Å². The number of nitrogens with one attached hydrogen (secondary N) is 2. The van der Waals surface area contributed by atoms with E-state index in [0.29, 0.717) is 11.4 Å². The minimum absolute atomic E-state index is 0.137. The van der Waals surface area contributed by atoms with Crippen LogP contribution in [0.15, 0.2) is 47.1 Å². The Bertz CT molecular complexity index is 660. The first-order chi connectivity index (χ1) is 10.9. The number of benzene rings is 1. The molecule has 0 spiro atoms. The number of anilines is 1. The maximum absolute atomic E-state index is 11.8. The topological polar surface area (TPSA) is 91.6 Å². The molecule has 0 fully saturated rings. The Morgan fingerprint density at radius 2 is 1.87 bits per heavy atom. The first kappa shape index (κ1) is 16.8. The average molecular weight is 316 g/mol. The van der Waals surface area contributed by atoms with E-state index in [0.717, 1.165) is 12.0 Å². The highest BCUT2D eigenvalue weighted by molar-refractivity contribution is 6.39. The summed E-state index contributed by atoms with van der Waals surface area (Å²) in [7, 11) is 0. The van der Waals surface area contributed by atoms with Crippen molar-refractivity contribution in [3.63, 3.8) is 0 Å². The molecule has 23 heavy (non-hydrogen) atoms. The predicted molar refractivity (Wildman–Crippen MR) is 85.7 cm³/mol. The zero-order chi connectivity index (χ0) is 16.9. The fourth-order valence-corrected chi connectivity index (χ4v) is 2.02. The number of carbonyl (C=O) groups is 2. The van der Waals surface area contributed by atoms with Crippen LogP contribution in [-0.2, 0) is 21.6 Å². The molecule has 3 N–H and O–H groups in total. The minimum Gasteiger partial charge on any atom is -0.466 e. The third-order valence-corrected chi connectivity index (χ3v) is 3.47. The summed E-state index contributed by atoms with van der Waals surface area (Å²) in [5.74, 6) is -1.30. The van der Waals surface area contributed by atoms with E-state index in [2.05, 4.69) is 10.6 Å². The van der Waals surface area contributed by atoms with Gasteiger partial charge in [0.1, 0.15) is 11.4 Å². The number of rotatable bonds is 5. The first-order valence-corrected chi connectivity index (χ1v) is 7.37. The van der Waals surface area contributed by atoms with E-state index in [1.165, 1.54) is 13.2 Å². The summed E-state index contributed by atoms with van der Waals surface area (Å²) in [6.45, 7) is 3.39. The molecule has 2 rings (SSSR count). The fraction of sp³-hybridized carbons (Fsp3) is 0.294. The van der Waals surface area contributed by atoms with E-state index in [9.17, 15) is 14.7 Å². The lowest BCUT2D eigenvalue weighted by Crippen LogP contribution is -2.43. The number of hydrogen-bond donors (Lipinski definition) is 3. The Hall–Kier alpha value is -2.60. The molecule has 2 aromatic rings. The molecule has 0 aliphatic rings. The lowest BCUT2D eigenvalue weighted by atomic mass is 10.0. The van der Waals surface area contributed by atoms with Crippen LogP contribution in [0, 0.1) is 0 Å². The third kappa shape index (κ3) is 4.43. The maximum atomic E-state index is 11.8. The largest absolute Gasteiger partial charge is 0.466 e. The van der Waals surface area contributed by atoms with Gasteiger partial charge in [0.25, 0.3) is 0 Å². The molecule has 0 radical (unpaired) electrons. The Morgan fingerprint density at radius 3 is 2.43 bits per heavy atom. The number of aliphatic hydroxyl groups is 1. The highest BCUT2D eigenvalue weighted by atomic mass is 16.4. The molecule has 0 saturated heterocycles. The molecule has 6 heteroatoms. The molecule has 0 aliphatic heterocycles. The van der Waals surface area contributed by atoms with E-state index in [-0.39, 0.29) is 6.54 Å². The van der Waals surface area contributed by atoms with Gasteiger partial charge in [0.15, 0.2) is 0 Å². The van der Waals surface area contributed by atoms with Gasteiger partial charge in [0.05, 0.1) is 12.8 Å². The molecular formula is C17H20N2O4. The predicted octanol–water partition coefficient (Wildman–Crippen LogP) is 1.80. The van der Waals surface area contributed by atoms with Gasteiger partial charge in [-0.15, -0.1) is 0 Å². The zero-order valence-corrected chi connectivity index (χ0v) is 13.1. The third-order valence-electron chi connectivity index (χ3n) is 3.47. The van der Waals surface area contributed by atoms with Gasteiger partial charge in [-0.1, -0.05) is 19.1 Å². The summed E-state index contributed by atoms with van der Waals surface area (Å²) < 4.78 is 5.11. The zero-order valence-electron chi connectivity index (χ0n) is 13.1. The van der Waals surface area contributed by atoms with Crippen molar-refractivity contribution in [3.8, 4) is 0 Å². The number of amides is 2. The number of aryl methyl sites for hydroxylation is 1. The Labute approximate surface area is 134 Å². The SMILES string of the molecule is CCc1ccc(NC(=O)C(=O)NCC(C)(O)c2ccco2)cc1. The van der Waals surface area contributed by atoms with Crippen LogP contribution in [0.25, 0.3) is 0 Å². The van der Waals surface area contributed by atoms with E-state index in [1.807, 2.05) is 19.1 Å². The van der Waals surface area contributed by atoms with Crippen molar-refractivity contribution in [2.45, 2.75) is 25.9 Å². The van der Waals surface area contributed by atoms with Crippen molar-refractivity contribution < 1.29 is 19.1 Å². The van der Waals surface area contributed by atoms with Gasteiger partial charge in [-0.2, -0.15) is 0 Å². The van der Waals surface area contributed by atoms with Crippen LogP contribution in [0.4, 0.5) is 5.69 Å². The quantitative estimate of drug-likeness (QED) is 0.734. The van der Waals surface area contributed by atoms with E-state index in [1.54, 1.807) is 24.3 Å². The van der Waals surface area contributed by atoms with Crippen LogP contribution in [0.5, 0.6) is 0 Å². The minimum atomic E-state index is -1.39. The average Bonchev–Trinajstić information content (AvgIpc) is 3.08. The van der Waals surface area contributed by atoms with Crippen LogP contribution in [-0.4, -0.2) is 23.5 Å². The molecule has 1 aromatic heterocycles. The lowest BCUT2D eigenvalue weighted by molar-refractivity contribution is -0.136. The number of furan rings is 1. The molecular weight excluding hydrogens is 296 g/mol. The van der Waals surface area contributed by atoms with Crippen molar-refractivity contribution in [1.29, 1.82) is 0 Å². The highest BCUT2D eigenvalue weighted by Gasteiger charge is 2.28. The molecule has 6 nitrogen and oxygen atoms in total. The van der Waals surface area contributed by atoms with Gasteiger partial charge >= 0.3 is 11.8 Å². The summed E-state index contributed by atoms with van der Waals surface area (Å²) in [5.41, 5.74) is 0.296. The highest BCUT2D eigenvalue weighted by Crippen LogP contribution is 2.19. The van der Waals surface area contributed by atoms with Crippen molar-refractivity contribution in [3.05, 3.63) is 54.0 Å². The second-order valence-electron chi connectivity index (χ2n) is 5.44. The maximum Gasteiger partial charge on any atom is 0.313 e. The number of carbonyl (C=O) groups excluding carboxylic acids is 2. The molecule has 122 valence electrons. The van der Waals surface area contributed by atoms with E-state index in [4.69, 9.17) is 4.42 Å². The Kier molecular flexibility index (Phi) is 5.18. The molecule has 2 amide bonds. The van der Waals surface area contributed by atoms with Crippen molar-refractivity contribution >= 4 is 17.5 Å². The summed E-state index contributed by atoms with van der Waals surface area (Å²) in [5, 5.41) is 15.1. The van der Waals surface area contributed by atoms with Gasteiger partial charge in [-0.05, 0) is 43.2 Å². The molecule has 1 atom stereocenters. The molecule has 0 aliphatic carbocycles. The summed E-state index contributed by atoms with van der Waals surface area (Å²) in [4.78, 5) is 23.7. The standard InChI is InChI=1S/C17H20N2O4/c1-3-12-6-8-13(9-7-12)19-16(21)15(20)18-11-17(2,22)14-5-4-10-23-14/h4-10,22H,3,11H2,1-2H3,(H,18,20)(H,19,21). The molecule has 1 unspecified atom stereocenters. The van der Waals surface area contributed by atoms with Gasteiger partial charge in [0, 0.05) is 5.69 Å². The number of hydrogen-bond acceptors (Lipinski definition) is 4. The second-order valence-corrected chi connectivity index (χ2v) is 5.44. The fourth-order valence-electron chi connectivity index (χ4n) is 2.02.